The Kier molecular flexibility index (Phi) is 3.01. The number of aromatic nitrogens is 2. The van der Waals surface area contributed by atoms with Gasteiger partial charge in [0.2, 0.25) is 11.9 Å². The third-order valence-electron chi connectivity index (χ3n) is 1.71. The van der Waals surface area contributed by atoms with Gasteiger partial charge in [0.25, 0.3) is 0 Å². The van der Waals surface area contributed by atoms with Gasteiger partial charge in [-0.3, -0.25) is 4.68 Å². The number of rotatable bonds is 2. The summed E-state index contributed by atoms with van der Waals surface area (Å²) in [5.41, 5.74) is 1.02. The van der Waals surface area contributed by atoms with Crippen LogP contribution in [0.4, 0.5) is 5.82 Å². The number of aliphatic imine (C=N–C) groups is 1. The van der Waals surface area contributed by atoms with Crippen molar-refractivity contribution >= 4 is 27.8 Å². The highest BCUT2D eigenvalue weighted by Gasteiger charge is 2.15. The van der Waals surface area contributed by atoms with Crippen molar-refractivity contribution in [3.8, 4) is 0 Å². The molecule has 13 heavy (non-hydrogen) atoms. The molecule has 4 nitrogen and oxygen atoms in total. The summed E-state index contributed by atoms with van der Waals surface area (Å²) < 4.78 is 2.48. The lowest BCUT2D eigenvalue weighted by Crippen LogP contribution is -1.99. The van der Waals surface area contributed by atoms with Crippen LogP contribution in [0.25, 0.3) is 0 Å². The lowest BCUT2D eigenvalue weighted by atomic mass is 10.1. The van der Waals surface area contributed by atoms with Crippen molar-refractivity contribution in [2.24, 2.45) is 12.0 Å². The topological polar surface area (TPSA) is 47.2 Å². The molecule has 0 bridgehead atoms. The van der Waals surface area contributed by atoms with Crippen LogP contribution in [0, 0.1) is 0 Å². The Morgan fingerprint density at radius 2 is 2.23 bits per heavy atom. The highest BCUT2D eigenvalue weighted by Crippen LogP contribution is 2.31. The van der Waals surface area contributed by atoms with E-state index in [2.05, 4.69) is 39.9 Å². The molecule has 0 saturated heterocycles. The quantitative estimate of drug-likeness (QED) is 0.591. The molecule has 0 saturated carbocycles. The van der Waals surface area contributed by atoms with Gasteiger partial charge >= 0.3 is 0 Å². The van der Waals surface area contributed by atoms with E-state index in [1.165, 1.54) is 6.08 Å². The van der Waals surface area contributed by atoms with E-state index in [1.807, 2.05) is 7.05 Å². The van der Waals surface area contributed by atoms with Crippen molar-refractivity contribution in [1.82, 2.24) is 9.78 Å². The molecule has 0 radical (unpaired) electrons. The summed E-state index contributed by atoms with van der Waals surface area (Å²) in [4.78, 5) is 13.5. The summed E-state index contributed by atoms with van der Waals surface area (Å²) in [6.45, 7) is 4.10. The van der Waals surface area contributed by atoms with Crippen LogP contribution in [-0.4, -0.2) is 15.9 Å². The van der Waals surface area contributed by atoms with Crippen LogP contribution in [0.2, 0.25) is 0 Å². The Bertz CT molecular complexity index is 364. The van der Waals surface area contributed by atoms with Gasteiger partial charge in [0, 0.05) is 7.05 Å². The van der Waals surface area contributed by atoms with Gasteiger partial charge in [-0.2, -0.15) is 5.10 Å². The average molecular weight is 244 g/mol. The minimum Gasteiger partial charge on any atom is -0.269 e. The van der Waals surface area contributed by atoms with E-state index in [-0.39, 0.29) is 0 Å². The average Bonchev–Trinajstić information content (AvgIpc) is 2.28. The van der Waals surface area contributed by atoms with Gasteiger partial charge in [-0.1, -0.05) is 13.8 Å². The van der Waals surface area contributed by atoms with Crippen molar-refractivity contribution in [2.45, 2.75) is 19.8 Å². The molecule has 1 aromatic heterocycles. The Labute approximate surface area is 84.8 Å². The zero-order chi connectivity index (χ0) is 10.0. The van der Waals surface area contributed by atoms with Crippen LogP contribution >= 0.6 is 15.9 Å². The number of halogens is 1. The molecular formula is C8H10BrN3O. The fourth-order valence-corrected chi connectivity index (χ4v) is 2.12. The molecule has 1 aromatic rings. The summed E-state index contributed by atoms with van der Waals surface area (Å²) in [6.07, 6.45) is 1.47. The second-order valence-electron chi connectivity index (χ2n) is 3.00. The molecule has 5 heteroatoms. The first-order chi connectivity index (χ1) is 6.07. The lowest BCUT2D eigenvalue weighted by Gasteiger charge is -2.04. The minimum atomic E-state index is 0.336. The van der Waals surface area contributed by atoms with E-state index in [0.29, 0.717) is 11.7 Å². The number of nitrogens with zero attached hydrogens (tertiary/aromatic N) is 3. The summed E-state index contributed by atoms with van der Waals surface area (Å²) in [5.74, 6) is 0.726. The van der Waals surface area contributed by atoms with Crippen LogP contribution in [0.3, 0.4) is 0 Å². The first-order valence-electron chi connectivity index (χ1n) is 3.88. The lowest BCUT2D eigenvalue weighted by molar-refractivity contribution is 0.565. The van der Waals surface area contributed by atoms with Crippen molar-refractivity contribution in [1.29, 1.82) is 0 Å². The molecule has 0 fully saturated rings. The van der Waals surface area contributed by atoms with Crippen LogP contribution in [0.5, 0.6) is 0 Å². The van der Waals surface area contributed by atoms with E-state index in [4.69, 9.17) is 0 Å². The van der Waals surface area contributed by atoms with Gasteiger partial charge in [-0.15, -0.1) is 4.99 Å². The molecule has 0 spiro atoms. The SMILES string of the molecule is CC(C)c1c(Br)c(N=C=O)nn1C. The Morgan fingerprint density at radius 3 is 2.62 bits per heavy atom. The fourth-order valence-electron chi connectivity index (χ4n) is 1.24. The fraction of sp³-hybridized carbons (Fsp3) is 0.500. The van der Waals surface area contributed by atoms with Gasteiger partial charge in [-0.25, -0.2) is 4.79 Å². The van der Waals surface area contributed by atoms with Crippen molar-refractivity contribution < 1.29 is 4.79 Å². The van der Waals surface area contributed by atoms with Gasteiger partial charge < -0.3 is 0 Å². The predicted octanol–water partition coefficient (Wildman–Crippen LogP) is 2.27. The summed E-state index contributed by atoms with van der Waals surface area (Å²) in [7, 11) is 1.82. The molecule has 0 amide bonds. The molecule has 0 N–H and O–H groups in total. The molecule has 0 aromatic carbocycles. The second kappa shape index (κ2) is 3.85. The van der Waals surface area contributed by atoms with E-state index >= 15 is 0 Å². The molecule has 0 unspecified atom stereocenters. The maximum Gasteiger partial charge on any atom is 0.242 e. The molecule has 1 heterocycles. The third kappa shape index (κ3) is 1.87. The molecular weight excluding hydrogens is 234 g/mol. The zero-order valence-corrected chi connectivity index (χ0v) is 9.29. The predicted molar refractivity (Wildman–Crippen MR) is 52.8 cm³/mol. The van der Waals surface area contributed by atoms with Gasteiger partial charge in [0.05, 0.1) is 10.2 Å². The van der Waals surface area contributed by atoms with Gasteiger partial charge in [0.15, 0.2) is 0 Å². The monoisotopic (exact) mass is 243 g/mol. The standard InChI is InChI=1S/C8H10BrN3O/c1-5(2)7-6(9)8(10-4-13)11-12(7)3/h5H,1-3H3. The Morgan fingerprint density at radius 1 is 1.62 bits per heavy atom. The van der Waals surface area contributed by atoms with Crippen molar-refractivity contribution in [3.05, 3.63) is 10.2 Å². The number of hydrogen-bond acceptors (Lipinski definition) is 3. The van der Waals surface area contributed by atoms with E-state index in [1.54, 1.807) is 4.68 Å². The van der Waals surface area contributed by atoms with Crippen LogP contribution < -0.4 is 0 Å². The van der Waals surface area contributed by atoms with Crippen LogP contribution in [0.1, 0.15) is 25.5 Å². The van der Waals surface area contributed by atoms with Crippen LogP contribution in [-0.2, 0) is 11.8 Å². The molecule has 0 aliphatic rings. The smallest absolute Gasteiger partial charge is 0.242 e. The van der Waals surface area contributed by atoms with Crippen molar-refractivity contribution in [2.75, 3.05) is 0 Å². The summed E-state index contributed by atoms with van der Waals surface area (Å²) >= 11 is 3.35. The summed E-state index contributed by atoms with van der Waals surface area (Å²) in [5, 5.41) is 4.06. The number of isocyanates is 1. The molecule has 0 atom stereocenters. The largest absolute Gasteiger partial charge is 0.269 e. The minimum absolute atomic E-state index is 0.336. The van der Waals surface area contributed by atoms with E-state index in [9.17, 15) is 4.79 Å². The Hall–Kier alpha value is -0.930. The first-order valence-corrected chi connectivity index (χ1v) is 4.67. The number of carbonyl (C=O) groups excluding carboxylic acids is 1. The summed E-state index contributed by atoms with van der Waals surface area (Å²) in [6, 6.07) is 0. The van der Waals surface area contributed by atoms with Crippen molar-refractivity contribution in [3.63, 3.8) is 0 Å². The van der Waals surface area contributed by atoms with Gasteiger partial charge in [0.1, 0.15) is 0 Å². The van der Waals surface area contributed by atoms with Gasteiger partial charge in [-0.05, 0) is 21.8 Å². The van der Waals surface area contributed by atoms with E-state index < -0.39 is 0 Å². The normalized spacial score (nSPS) is 10.2. The van der Waals surface area contributed by atoms with E-state index in [0.717, 1.165) is 10.2 Å². The second-order valence-corrected chi connectivity index (χ2v) is 3.80. The first kappa shape index (κ1) is 10.2. The maximum atomic E-state index is 10.1. The zero-order valence-electron chi connectivity index (χ0n) is 7.71. The third-order valence-corrected chi connectivity index (χ3v) is 2.47. The highest BCUT2D eigenvalue weighted by molar-refractivity contribution is 9.10. The molecule has 1 rings (SSSR count). The number of aryl methyl sites for hydroxylation is 1. The molecule has 0 aliphatic heterocycles. The molecule has 70 valence electrons. The Balaban J connectivity index is 3.30. The van der Waals surface area contributed by atoms with Crippen LogP contribution in [0.15, 0.2) is 9.47 Å². The maximum absolute atomic E-state index is 10.1. The molecule has 0 aliphatic carbocycles. The number of hydrogen-bond donors (Lipinski definition) is 0. The highest BCUT2D eigenvalue weighted by atomic mass is 79.9.